The van der Waals surface area contributed by atoms with Crippen LogP contribution in [0.4, 0.5) is 0 Å². The summed E-state index contributed by atoms with van der Waals surface area (Å²) in [7, 11) is 1.62. The molecule has 0 unspecified atom stereocenters. The summed E-state index contributed by atoms with van der Waals surface area (Å²) in [6.45, 7) is 0. The molecule has 1 heterocycles. The molecule has 2 aromatic rings. The summed E-state index contributed by atoms with van der Waals surface area (Å²) >= 11 is 0. The molecule has 21 heavy (non-hydrogen) atoms. The summed E-state index contributed by atoms with van der Waals surface area (Å²) in [4.78, 5) is 12.0. The quantitative estimate of drug-likeness (QED) is 0.662. The Kier molecular flexibility index (Phi) is 3.68. The minimum atomic E-state index is -0.279. The first kappa shape index (κ1) is 13.4. The number of methoxy groups -OCH3 is 1. The number of benzene rings is 1. The number of aryl methyl sites for hydroxylation is 1. The van der Waals surface area contributed by atoms with Gasteiger partial charge < -0.3 is 4.74 Å². The van der Waals surface area contributed by atoms with Gasteiger partial charge in [-0.15, -0.1) is 0 Å². The Bertz CT molecular complexity index is 673. The minimum absolute atomic E-state index is 0.279. The summed E-state index contributed by atoms with van der Waals surface area (Å²) in [6, 6.07) is 7.40. The van der Waals surface area contributed by atoms with Crippen molar-refractivity contribution in [3.63, 3.8) is 0 Å². The average molecular weight is 284 g/mol. The first-order valence-electron chi connectivity index (χ1n) is 6.81. The molecule has 1 aromatic heterocycles. The number of rotatable bonds is 4. The van der Waals surface area contributed by atoms with E-state index < -0.39 is 0 Å². The molecular formula is C15H16N4O2. The van der Waals surface area contributed by atoms with Crippen LogP contribution in [0.3, 0.4) is 0 Å². The Morgan fingerprint density at radius 2 is 2.19 bits per heavy atom. The van der Waals surface area contributed by atoms with Crippen LogP contribution in [0.2, 0.25) is 0 Å². The van der Waals surface area contributed by atoms with Crippen LogP contribution >= 0.6 is 0 Å². The highest BCUT2D eigenvalue weighted by Crippen LogP contribution is 2.22. The number of hydrazone groups is 1. The number of H-pyrrole nitrogens is 1. The third kappa shape index (κ3) is 2.79. The number of carbonyl (C=O) groups excluding carboxylic acids is 1. The van der Waals surface area contributed by atoms with Crippen molar-refractivity contribution in [1.82, 2.24) is 15.6 Å². The fraction of sp³-hybridized carbons (Fsp3) is 0.267. The summed E-state index contributed by atoms with van der Waals surface area (Å²) in [5, 5.41) is 10.9. The highest BCUT2D eigenvalue weighted by molar-refractivity contribution is 5.94. The molecule has 1 aliphatic carbocycles. The molecule has 0 saturated heterocycles. The zero-order valence-electron chi connectivity index (χ0n) is 11.7. The zero-order chi connectivity index (χ0) is 14.7. The van der Waals surface area contributed by atoms with Crippen molar-refractivity contribution in [2.24, 2.45) is 5.10 Å². The number of hydrogen-bond donors (Lipinski definition) is 2. The fourth-order valence-corrected chi connectivity index (χ4v) is 2.42. The molecule has 108 valence electrons. The molecule has 1 aromatic carbocycles. The van der Waals surface area contributed by atoms with Crippen LogP contribution in [0.5, 0.6) is 5.75 Å². The van der Waals surface area contributed by atoms with E-state index in [1.165, 1.54) is 0 Å². The molecule has 2 N–H and O–H groups in total. The van der Waals surface area contributed by atoms with Gasteiger partial charge >= 0.3 is 0 Å². The molecule has 6 heteroatoms. The van der Waals surface area contributed by atoms with Crippen molar-refractivity contribution in [3.8, 4) is 5.75 Å². The summed E-state index contributed by atoms with van der Waals surface area (Å²) < 4.78 is 5.08. The molecule has 0 spiro atoms. The van der Waals surface area contributed by atoms with E-state index in [0.29, 0.717) is 5.69 Å². The number of amides is 1. The van der Waals surface area contributed by atoms with E-state index in [1.807, 2.05) is 24.3 Å². The second-order valence-corrected chi connectivity index (χ2v) is 4.86. The van der Waals surface area contributed by atoms with E-state index in [9.17, 15) is 4.79 Å². The smallest absolute Gasteiger partial charge is 0.292 e. The van der Waals surface area contributed by atoms with Gasteiger partial charge in [0.1, 0.15) is 5.75 Å². The SMILES string of the molecule is COc1ccc(C=NNC(=O)c2n[nH]c3c2CCC3)cc1. The van der Waals surface area contributed by atoms with Crippen LogP contribution < -0.4 is 10.2 Å². The highest BCUT2D eigenvalue weighted by Gasteiger charge is 2.22. The predicted octanol–water partition coefficient (Wildman–Crippen LogP) is 1.67. The van der Waals surface area contributed by atoms with E-state index in [2.05, 4.69) is 20.7 Å². The van der Waals surface area contributed by atoms with Crippen LogP contribution in [0, 0.1) is 0 Å². The lowest BCUT2D eigenvalue weighted by molar-refractivity contribution is 0.0949. The second-order valence-electron chi connectivity index (χ2n) is 4.86. The fourth-order valence-electron chi connectivity index (χ4n) is 2.42. The van der Waals surface area contributed by atoms with E-state index in [-0.39, 0.29) is 5.91 Å². The average Bonchev–Trinajstić information content (AvgIpc) is 3.10. The molecule has 6 nitrogen and oxygen atoms in total. The van der Waals surface area contributed by atoms with Crippen LogP contribution in [-0.2, 0) is 12.8 Å². The maximum atomic E-state index is 12.0. The summed E-state index contributed by atoms with van der Waals surface area (Å²) in [5.41, 5.74) is 5.93. The number of aromatic nitrogens is 2. The van der Waals surface area contributed by atoms with Crippen molar-refractivity contribution >= 4 is 12.1 Å². The maximum absolute atomic E-state index is 12.0. The van der Waals surface area contributed by atoms with Crippen molar-refractivity contribution in [3.05, 3.63) is 46.8 Å². The topological polar surface area (TPSA) is 79.4 Å². The van der Waals surface area contributed by atoms with Crippen molar-refractivity contribution in [1.29, 1.82) is 0 Å². The van der Waals surface area contributed by atoms with E-state index in [1.54, 1.807) is 13.3 Å². The number of ether oxygens (including phenoxy) is 1. The molecule has 1 aliphatic rings. The molecular weight excluding hydrogens is 268 g/mol. The third-order valence-corrected chi connectivity index (χ3v) is 3.52. The Hall–Kier alpha value is -2.63. The highest BCUT2D eigenvalue weighted by atomic mass is 16.5. The van der Waals surface area contributed by atoms with E-state index in [0.717, 1.165) is 41.8 Å². The van der Waals surface area contributed by atoms with Crippen molar-refractivity contribution in [2.45, 2.75) is 19.3 Å². The monoisotopic (exact) mass is 284 g/mol. The van der Waals surface area contributed by atoms with Gasteiger partial charge in [0.2, 0.25) is 0 Å². The van der Waals surface area contributed by atoms with Crippen LogP contribution in [0.1, 0.15) is 33.7 Å². The van der Waals surface area contributed by atoms with Crippen molar-refractivity contribution < 1.29 is 9.53 Å². The van der Waals surface area contributed by atoms with Gasteiger partial charge in [-0.3, -0.25) is 9.89 Å². The van der Waals surface area contributed by atoms with Gasteiger partial charge in [-0.2, -0.15) is 10.2 Å². The van der Waals surface area contributed by atoms with Gasteiger partial charge in [0.15, 0.2) is 5.69 Å². The van der Waals surface area contributed by atoms with E-state index in [4.69, 9.17) is 4.74 Å². The first-order valence-corrected chi connectivity index (χ1v) is 6.81. The van der Waals surface area contributed by atoms with Crippen molar-refractivity contribution in [2.75, 3.05) is 7.11 Å². The number of fused-ring (bicyclic) bond motifs is 1. The number of hydrogen-bond acceptors (Lipinski definition) is 4. The molecule has 0 aliphatic heterocycles. The number of carbonyl (C=O) groups is 1. The standard InChI is InChI=1S/C15H16N4O2/c1-21-11-7-5-10(6-8-11)9-16-19-15(20)14-12-3-2-4-13(12)17-18-14/h5-9H,2-4H2,1H3,(H,17,18)(H,19,20). The lowest BCUT2D eigenvalue weighted by Crippen LogP contribution is -2.19. The van der Waals surface area contributed by atoms with Gasteiger partial charge in [0.25, 0.3) is 5.91 Å². The van der Waals surface area contributed by atoms with Crippen LogP contribution in [0.25, 0.3) is 0 Å². The summed E-state index contributed by atoms with van der Waals surface area (Å²) in [5.74, 6) is 0.502. The molecule has 0 radical (unpaired) electrons. The molecule has 0 saturated carbocycles. The third-order valence-electron chi connectivity index (χ3n) is 3.52. The van der Waals surface area contributed by atoms with Gasteiger partial charge in [0.05, 0.1) is 13.3 Å². The molecule has 1 amide bonds. The Morgan fingerprint density at radius 1 is 1.38 bits per heavy atom. The number of nitrogens with one attached hydrogen (secondary N) is 2. The maximum Gasteiger partial charge on any atom is 0.292 e. The Labute approximate surface area is 122 Å². The molecule has 3 rings (SSSR count). The van der Waals surface area contributed by atoms with E-state index >= 15 is 0 Å². The summed E-state index contributed by atoms with van der Waals surface area (Å²) in [6.07, 6.45) is 4.52. The zero-order valence-corrected chi connectivity index (χ0v) is 11.7. The molecule has 0 atom stereocenters. The Balaban J connectivity index is 1.63. The number of aromatic amines is 1. The van der Waals surface area contributed by atoms with Gasteiger partial charge in [-0.05, 0) is 49.1 Å². The Morgan fingerprint density at radius 3 is 2.95 bits per heavy atom. The largest absolute Gasteiger partial charge is 0.497 e. The van der Waals surface area contributed by atoms with Gasteiger partial charge in [-0.25, -0.2) is 5.43 Å². The molecule has 0 bridgehead atoms. The lowest BCUT2D eigenvalue weighted by Gasteiger charge is -2.00. The van der Waals surface area contributed by atoms with Gasteiger partial charge in [0, 0.05) is 11.3 Å². The van der Waals surface area contributed by atoms with Gasteiger partial charge in [-0.1, -0.05) is 0 Å². The molecule has 0 fully saturated rings. The second kappa shape index (κ2) is 5.78. The minimum Gasteiger partial charge on any atom is -0.497 e. The lowest BCUT2D eigenvalue weighted by atomic mass is 10.2. The number of nitrogens with zero attached hydrogens (tertiary/aromatic N) is 2. The normalized spacial score (nSPS) is 13.4. The van der Waals surface area contributed by atoms with Crippen LogP contribution in [0.15, 0.2) is 29.4 Å². The first-order chi connectivity index (χ1) is 10.3. The van der Waals surface area contributed by atoms with Crippen LogP contribution in [-0.4, -0.2) is 29.4 Å². The predicted molar refractivity (Wildman–Crippen MR) is 78.7 cm³/mol.